The van der Waals surface area contributed by atoms with E-state index in [0.29, 0.717) is 16.8 Å². The summed E-state index contributed by atoms with van der Waals surface area (Å²) in [5, 5.41) is 3.38. The van der Waals surface area contributed by atoms with Crippen molar-refractivity contribution in [1.29, 1.82) is 0 Å². The Bertz CT molecular complexity index is 944. The van der Waals surface area contributed by atoms with Gasteiger partial charge in [-0.3, -0.25) is 25.2 Å². The number of hydrazine groups is 1. The number of fused-ring (bicyclic) bond motifs is 1. The summed E-state index contributed by atoms with van der Waals surface area (Å²) < 4.78 is 0. The van der Waals surface area contributed by atoms with E-state index in [1.165, 1.54) is 6.92 Å². The Hall–Kier alpha value is -3.61. The molecule has 1 aromatic heterocycles. The van der Waals surface area contributed by atoms with E-state index >= 15 is 0 Å². The Balaban J connectivity index is 1.63. The van der Waals surface area contributed by atoms with Crippen LogP contribution in [0.3, 0.4) is 0 Å². The molecule has 4 N–H and O–H groups in total. The molecular weight excluding hydrogens is 320 g/mol. The fraction of sp³-hybridized carbons (Fsp3) is 0.0556. The van der Waals surface area contributed by atoms with E-state index < -0.39 is 11.8 Å². The van der Waals surface area contributed by atoms with Crippen LogP contribution in [0.4, 0.5) is 5.69 Å². The summed E-state index contributed by atoms with van der Waals surface area (Å²) in [4.78, 5) is 38.3. The molecule has 3 rings (SSSR count). The molecule has 0 aliphatic heterocycles. The Kier molecular flexibility index (Phi) is 4.47. The largest absolute Gasteiger partial charge is 0.360 e. The van der Waals surface area contributed by atoms with Crippen molar-refractivity contribution in [3.63, 3.8) is 0 Å². The van der Waals surface area contributed by atoms with Crippen LogP contribution in [-0.2, 0) is 4.79 Å². The van der Waals surface area contributed by atoms with Crippen LogP contribution in [0.25, 0.3) is 10.9 Å². The van der Waals surface area contributed by atoms with Crippen molar-refractivity contribution >= 4 is 34.3 Å². The first-order valence-electron chi connectivity index (χ1n) is 7.59. The number of anilines is 1. The minimum absolute atomic E-state index is 0.191. The fourth-order valence-corrected chi connectivity index (χ4v) is 2.42. The van der Waals surface area contributed by atoms with Gasteiger partial charge in [0.25, 0.3) is 11.8 Å². The van der Waals surface area contributed by atoms with E-state index in [0.717, 1.165) is 10.9 Å². The lowest BCUT2D eigenvalue weighted by Crippen LogP contribution is -2.41. The van der Waals surface area contributed by atoms with Gasteiger partial charge in [0.1, 0.15) is 0 Å². The number of H-pyrrole nitrogens is 1. The van der Waals surface area contributed by atoms with Crippen molar-refractivity contribution in [2.24, 2.45) is 0 Å². The predicted octanol–water partition coefficient (Wildman–Crippen LogP) is 2.20. The van der Waals surface area contributed by atoms with Crippen LogP contribution in [0.1, 0.15) is 27.6 Å². The second-order valence-electron chi connectivity index (χ2n) is 5.41. The van der Waals surface area contributed by atoms with Crippen molar-refractivity contribution in [3.05, 3.63) is 65.9 Å². The van der Waals surface area contributed by atoms with Gasteiger partial charge in [0.05, 0.1) is 5.56 Å². The molecule has 25 heavy (non-hydrogen) atoms. The van der Waals surface area contributed by atoms with Gasteiger partial charge in [0, 0.05) is 35.3 Å². The van der Waals surface area contributed by atoms with E-state index in [9.17, 15) is 14.4 Å². The van der Waals surface area contributed by atoms with Crippen LogP contribution in [0.5, 0.6) is 0 Å². The molecule has 0 spiro atoms. The van der Waals surface area contributed by atoms with E-state index in [1.54, 1.807) is 30.5 Å². The molecule has 0 atom stereocenters. The van der Waals surface area contributed by atoms with Gasteiger partial charge in [-0.05, 0) is 30.3 Å². The third-order valence-electron chi connectivity index (χ3n) is 3.59. The number of hydrogen-bond acceptors (Lipinski definition) is 3. The van der Waals surface area contributed by atoms with E-state index in [1.807, 2.05) is 24.3 Å². The molecule has 7 heteroatoms. The first-order chi connectivity index (χ1) is 12.0. The van der Waals surface area contributed by atoms with Crippen molar-refractivity contribution in [3.8, 4) is 0 Å². The molecule has 0 aliphatic carbocycles. The van der Waals surface area contributed by atoms with E-state index in [-0.39, 0.29) is 5.91 Å². The molecule has 0 bridgehead atoms. The summed E-state index contributed by atoms with van der Waals surface area (Å²) in [6.07, 6.45) is 1.59. The quantitative estimate of drug-likeness (QED) is 0.551. The molecule has 3 amide bonds. The Morgan fingerprint density at radius 2 is 1.56 bits per heavy atom. The zero-order valence-corrected chi connectivity index (χ0v) is 13.4. The molecule has 0 radical (unpaired) electrons. The van der Waals surface area contributed by atoms with Gasteiger partial charge in [-0.15, -0.1) is 0 Å². The predicted molar refractivity (Wildman–Crippen MR) is 94.0 cm³/mol. The lowest BCUT2D eigenvalue weighted by Gasteiger charge is -2.08. The van der Waals surface area contributed by atoms with Gasteiger partial charge in [0.2, 0.25) is 5.91 Å². The van der Waals surface area contributed by atoms with E-state index in [2.05, 4.69) is 21.2 Å². The first kappa shape index (κ1) is 16.3. The Morgan fingerprint density at radius 1 is 0.880 bits per heavy atom. The van der Waals surface area contributed by atoms with Gasteiger partial charge in [-0.1, -0.05) is 18.2 Å². The number of rotatable bonds is 3. The molecule has 0 saturated heterocycles. The lowest BCUT2D eigenvalue weighted by molar-refractivity contribution is -0.114. The Morgan fingerprint density at radius 3 is 2.28 bits per heavy atom. The zero-order chi connectivity index (χ0) is 17.8. The summed E-state index contributed by atoms with van der Waals surface area (Å²) in [5.74, 6) is -1.06. The van der Waals surface area contributed by atoms with Crippen LogP contribution in [0.2, 0.25) is 0 Å². The minimum Gasteiger partial charge on any atom is -0.360 e. The van der Waals surface area contributed by atoms with Crippen LogP contribution in [0, 0.1) is 0 Å². The van der Waals surface area contributed by atoms with Crippen molar-refractivity contribution in [1.82, 2.24) is 15.8 Å². The number of benzene rings is 2. The van der Waals surface area contributed by atoms with Gasteiger partial charge < -0.3 is 10.3 Å². The molecule has 2 aromatic carbocycles. The fourth-order valence-electron chi connectivity index (χ4n) is 2.42. The first-order valence-corrected chi connectivity index (χ1v) is 7.59. The molecule has 0 aliphatic rings. The number of carbonyl (C=O) groups is 3. The van der Waals surface area contributed by atoms with Crippen LogP contribution in [0.15, 0.2) is 54.7 Å². The maximum atomic E-state index is 12.2. The average molecular weight is 336 g/mol. The topological polar surface area (TPSA) is 103 Å². The smallest absolute Gasteiger partial charge is 0.271 e. The normalized spacial score (nSPS) is 10.3. The van der Waals surface area contributed by atoms with Crippen LogP contribution in [-0.4, -0.2) is 22.7 Å². The maximum absolute atomic E-state index is 12.2. The van der Waals surface area contributed by atoms with Crippen molar-refractivity contribution < 1.29 is 14.4 Å². The third-order valence-corrected chi connectivity index (χ3v) is 3.59. The molecular formula is C18H16N4O3. The molecule has 0 unspecified atom stereocenters. The highest BCUT2D eigenvalue weighted by Crippen LogP contribution is 2.17. The van der Waals surface area contributed by atoms with Crippen molar-refractivity contribution in [2.75, 3.05) is 5.32 Å². The van der Waals surface area contributed by atoms with Gasteiger partial charge in [0.15, 0.2) is 0 Å². The highest BCUT2D eigenvalue weighted by molar-refractivity contribution is 6.07. The number of amides is 3. The standard InChI is InChI=1S/C18H16N4O3/c1-11(23)20-13-8-6-12(7-9-13)17(24)21-22-18(25)15-10-19-16-5-3-2-4-14(15)16/h2-10,19H,1H3,(H,20,23)(H,21,24)(H,22,25). The number of para-hydroxylation sites is 1. The second-order valence-corrected chi connectivity index (χ2v) is 5.41. The van der Waals surface area contributed by atoms with Gasteiger partial charge in [-0.2, -0.15) is 0 Å². The summed E-state index contributed by atoms with van der Waals surface area (Å²) in [7, 11) is 0. The minimum atomic E-state index is -0.456. The number of aromatic nitrogens is 1. The SMILES string of the molecule is CC(=O)Nc1ccc(C(=O)NNC(=O)c2c[nH]c3ccccc23)cc1. The second kappa shape index (κ2) is 6.88. The highest BCUT2D eigenvalue weighted by Gasteiger charge is 2.13. The van der Waals surface area contributed by atoms with E-state index in [4.69, 9.17) is 0 Å². The summed E-state index contributed by atoms with van der Waals surface area (Å²) in [6.45, 7) is 1.40. The summed E-state index contributed by atoms with van der Waals surface area (Å²) in [6, 6.07) is 13.7. The number of hydrogen-bond donors (Lipinski definition) is 4. The summed E-state index contributed by atoms with van der Waals surface area (Å²) >= 11 is 0. The van der Waals surface area contributed by atoms with Gasteiger partial charge >= 0.3 is 0 Å². The Labute approximate surface area is 143 Å². The molecule has 1 heterocycles. The maximum Gasteiger partial charge on any atom is 0.271 e. The molecule has 0 saturated carbocycles. The zero-order valence-electron chi connectivity index (χ0n) is 13.4. The average Bonchev–Trinajstić information content (AvgIpc) is 3.03. The van der Waals surface area contributed by atoms with Crippen LogP contribution < -0.4 is 16.2 Å². The molecule has 7 nitrogen and oxygen atoms in total. The number of carbonyl (C=O) groups excluding carboxylic acids is 3. The van der Waals surface area contributed by atoms with Crippen molar-refractivity contribution in [2.45, 2.75) is 6.92 Å². The lowest BCUT2D eigenvalue weighted by atomic mass is 10.2. The molecule has 126 valence electrons. The molecule has 0 fully saturated rings. The monoisotopic (exact) mass is 336 g/mol. The van der Waals surface area contributed by atoms with Crippen LogP contribution >= 0.6 is 0 Å². The highest BCUT2D eigenvalue weighted by atomic mass is 16.2. The molecule has 3 aromatic rings. The third kappa shape index (κ3) is 3.66. The number of nitrogens with one attached hydrogen (secondary N) is 4. The van der Waals surface area contributed by atoms with Gasteiger partial charge in [-0.25, -0.2) is 0 Å². The summed E-state index contributed by atoms with van der Waals surface area (Å²) in [5.41, 5.74) is 6.99. The number of aromatic amines is 1.